The molecule has 156 valence electrons. The number of thiophene rings is 1. The van der Waals surface area contributed by atoms with Crippen molar-refractivity contribution in [2.75, 3.05) is 10.6 Å². The number of rotatable bonds is 7. The van der Waals surface area contributed by atoms with Gasteiger partial charge in [0.25, 0.3) is 11.8 Å². The highest BCUT2D eigenvalue weighted by atomic mass is 32.1. The predicted molar refractivity (Wildman–Crippen MR) is 116 cm³/mol. The van der Waals surface area contributed by atoms with E-state index in [-0.39, 0.29) is 29.6 Å². The predicted octanol–water partition coefficient (Wildman–Crippen LogP) is 4.05. The molecule has 1 aromatic carbocycles. The van der Waals surface area contributed by atoms with Crippen LogP contribution in [0.1, 0.15) is 39.6 Å². The summed E-state index contributed by atoms with van der Waals surface area (Å²) in [4.78, 5) is 36.5. The third-order valence-electron chi connectivity index (χ3n) is 3.90. The fourth-order valence-corrected chi connectivity index (χ4v) is 3.33. The van der Waals surface area contributed by atoms with Crippen molar-refractivity contribution >= 4 is 39.9 Å². The van der Waals surface area contributed by atoms with Crippen molar-refractivity contribution in [3.05, 3.63) is 71.0 Å². The monoisotopic (exact) mass is 426 g/mol. The summed E-state index contributed by atoms with van der Waals surface area (Å²) in [5, 5.41) is 11.6. The molecule has 8 nitrogen and oxygen atoms in total. The number of carbonyl (C=O) groups excluding carboxylic acids is 3. The zero-order chi connectivity index (χ0) is 21.5. The molecule has 2 heterocycles. The number of amides is 4. The van der Waals surface area contributed by atoms with Gasteiger partial charge in [-0.3, -0.25) is 9.59 Å². The molecule has 3 rings (SSSR count). The van der Waals surface area contributed by atoms with Crippen LogP contribution in [0.25, 0.3) is 0 Å². The summed E-state index contributed by atoms with van der Waals surface area (Å²) in [7, 11) is 0. The van der Waals surface area contributed by atoms with Crippen LogP contribution in [0.2, 0.25) is 0 Å². The van der Waals surface area contributed by atoms with E-state index in [1.165, 1.54) is 17.6 Å². The molecule has 30 heavy (non-hydrogen) atoms. The zero-order valence-electron chi connectivity index (χ0n) is 16.5. The summed E-state index contributed by atoms with van der Waals surface area (Å²) in [5.74, 6) is -0.407. The van der Waals surface area contributed by atoms with Gasteiger partial charge >= 0.3 is 6.03 Å². The fourth-order valence-electron chi connectivity index (χ4n) is 2.51. The summed E-state index contributed by atoms with van der Waals surface area (Å²) in [6.07, 6.45) is 1.42. The van der Waals surface area contributed by atoms with Gasteiger partial charge in [0, 0.05) is 18.3 Å². The Morgan fingerprint density at radius 1 is 0.967 bits per heavy atom. The smallest absolute Gasteiger partial charge is 0.319 e. The molecule has 3 aromatic rings. The Morgan fingerprint density at radius 2 is 1.73 bits per heavy atom. The lowest BCUT2D eigenvalue weighted by atomic mass is 10.2. The molecule has 0 aliphatic heterocycles. The van der Waals surface area contributed by atoms with Gasteiger partial charge in [0.1, 0.15) is 0 Å². The van der Waals surface area contributed by atoms with Gasteiger partial charge in [-0.05, 0) is 55.8 Å². The van der Waals surface area contributed by atoms with E-state index < -0.39 is 0 Å². The number of anilines is 2. The van der Waals surface area contributed by atoms with Crippen molar-refractivity contribution in [1.82, 2.24) is 10.6 Å². The fraction of sp³-hybridized carbons (Fsp3) is 0.190. The Bertz CT molecular complexity index is 1010. The second-order valence-electron chi connectivity index (χ2n) is 6.73. The van der Waals surface area contributed by atoms with Crippen molar-refractivity contribution < 1.29 is 18.8 Å². The van der Waals surface area contributed by atoms with Crippen LogP contribution in [0, 0.1) is 0 Å². The number of benzene rings is 1. The van der Waals surface area contributed by atoms with Gasteiger partial charge < -0.3 is 25.7 Å². The van der Waals surface area contributed by atoms with Gasteiger partial charge in [-0.25, -0.2) is 4.79 Å². The van der Waals surface area contributed by atoms with Crippen LogP contribution in [0.3, 0.4) is 0 Å². The normalized spacial score (nSPS) is 10.5. The summed E-state index contributed by atoms with van der Waals surface area (Å²) in [5.41, 5.74) is 1.56. The standard InChI is InChI=1S/C21H22N4O4S/c1-13(2)23-21(28)24-15-7-5-14(6-8-15)12-22-20(27)17-9-10-18(30-17)25-19(26)16-4-3-11-29-16/h3-11,13H,12H2,1-2H3,(H,22,27)(H,25,26)(H2,23,24,28). The Morgan fingerprint density at radius 3 is 2.40 bits per heavy atom. The molecule has 9 heteroatoms. The van der Waals surface area contributed by atoms with Crippen molar-refractivity contribution in [3.63, 3.8) is 0 Å². The summed E-state index contributed by atoms with van der Waals surface area (Å²) in [6, 6.07) is 13.5. The first-order valence-corrected chi connectivity index (χ1v) is 10.1. The SMILES string of the molecule is CC(C)NC(=O)Nc1ccc(CNC(=O)c2ccc(NC(=O)c3ccco3)s2)cc1. The number of hydrogen-bond donors (Lipinski definition) is 4. The van der Waals surface area contributed by atoms with Gasteiger partial charge in [-0.1, -0.05) is 12.1 Å². The minimum atomic E-state index is -0.371. The van der Waals surface area contributed by atoms with Crippen molar-refractivity contribution in [2.24, 2.45) is 0 Å². The number of furan rings is 1. The summed E-state index contributed by atoms with van der Waals surface area (Å²) in [6.45, 7) is 4.10. The van der Waals surface area contributed by atoms with Crippen molar-refractivity contribution in [2.45, 2.75) is 26.4 Å². The van der Waals surface area contributed by atoms with Crippen LogP contribution in [-0.2, 0) is 6.54 Å². The summed E-state index contributed by atoms with van der Waals surface area (Å²) >= 11 is 1.18. The minimum Gasteiger partial charge on any atom is -0.459 e. The van der Waals surface area contributed by atoms with Crippen LogP contribution in [0.5, 0.6) is 0 Å². The third-order valence-corrected chi connectivity index (χ3v) is 4.90. The Hall–Kier alpha value is -3.59. The van der Waals surface area contributed by atoms with Gasteiger partial charge in [-0.2, -0.15) is 0 Å². The molecular weight excluding hydrogens is 404 g/mol. The first kappa shape index (κ1) is 21.1. The lowest BCUT2D eigenvalue weighted by Gasteiger charge is -2.10. The van der Waals surface area contributed by atoms with Crippen molar-refractivity contribution in [1.29, 1.82) is 0 Å². The van der Waals surface area contributed by atoms with E-state index >= 15 is 0 Å². The molecule has 0 radical (unpaired) electrons. The quantitative estimate of drug-likeness (QED) is 0.456. The van der Waals surface area contributed by atoms with E-state index in [2.05, 4.69) is 21.3 Å². The van der Waals surface area contributed by atoms with E-state index in [9.17, 15) is 14.4 Å². The van der Waals surface area contributed by atoms with Crippen LogP contribution in [0.15, 0.2) is 59.2 Å². The molecule has 0 unspecified atom stereocenters. The molecule has 4 N–H and O–H groups in total. The van der Waals surface area contributed by atoms with Crippen LogP contribution in [0.4, 0.5) is 15.5 Å². The lowest BCUT2D eigenvalue weighted by Crippen LogP contribution is -2.34. The van der Waals surface area contributed by atoms with Gasteiger partial charge in [0.05, 0.1) is 16.1 Å². The number of nitrogens with one attached hydrogen (secondary N) is 4. The largest absolute Gasteiger partial charge is 0.459 e. The Labute approximate surface area is 177 Å². The highest BCUT2D eigenvalue weighted by Gasteiger charge is 2.13. The van der Waals surface area contributed by atoms with E-state index in [4.69, 9.17) is 4.42 Å². The molecule has 0 aliphatic carbocycles. The van der Waals surface area contributed by atoms with E-state index in [1.54, 1.807) is 36.4 Å². The maximum Gasteiger partial charge on any atom is 0.319 e. The van der Waals surface area contributed by atoms with Crippen LogP contribution >= 0.6 is 11.3 Å². The minimum absolute atomic E-state index is 0.0516. The number of hydrogen-bond acceptors (Lipinski definition) is 5. The van der Waals surface area contributed by atoms with Crippen LogP contribution in [-0.4, -0.2) is 23.9 Å². The van der Waals surface area contributed by atoms with E-state index in [0.717, 1.165) is 5.56 Å². The molecule has 0 fully saturated rings. The maximum absolute atomic E-state index is 12.4. The molecule has 0 bridgehead atoms. The molecular formula is C21H22N4O4S. The molecule has 0 saturated heterocycles. The molecule has 4 amide bonds. The second kappa shape index (κ2) is 9.75. The summed E-state index contributed by atoms with van der Waals surface area (Å²) < 4.78 is 5.04. The van der Waals surface area contributed by atoms with E-state index in [1.807, 2.05) is 26.0 Å². The maximum atomic E-state index is 12.4. The zero-order valence-corrected chi connectivity index (χ0v) is 17.3. The number of urea groups is 1. The molecule has 0 atom stereocenters. The average molecular weight is 426 g/mol. The molecule has 0 spiro atoms. The van der Waals surface area contributed by atoms with Gasteiger partial charge in [0.15, 0.2) is 5.76 Å². The molecule has 0 aliphatic rings. The van der Waals surface area contributed by atoms with Crippen molar-refractivity contribution in [3.8, 4) is 0 Å². The van der Waals surface area contributed by atoms with Gasteiger partial charge in [-0.15, -0.1) is 11.3 Å². The first-order valence-electron chi connectivity index (χ1n) is 9.30. The average Bonchev–Trinajstić information content (AvgIpc) is 3.39. The Balaban J connectivity index is 1.49. The molecule has 0 saturated carbocycles. The number of carbonyl (C=O) groups is 3. The highest BCUT2D eigenvalue weighted by molar-refractivity contribution is 7.18. The molecule has 2 aromatic heterocycles. The Kier molecular flexibility index (Phi) is 6.87. The highest BCUT2D eigenvalue weighted by Crippen LogP contribution is 2.22. The van der Waals surface area contributed by atoms with Crippen LogP contribution < -0.4 is 21.3 Å². The van der Waals surface area contributed by atoms with E-state index in [0.29, 0.717) is 22.1 Å². The third kappa shape index (κ3) is 5.95. The second-order valence-corrected chi connectivity index (χ2v) is 7.81. The lowest BCUT2D eigenvalue weighted by molar-refractivity contribution is 0.0953. The topological polar surface area (TPSA) is 112 Å². The first-order chi connectivity index (χ1) is 14.4. The van der Waals surface area contributed by atoms with Gasteiger partial charge in [0.2, 0.25) is 0 Å².